The van der Waals surface area contributed by atoms with E-state index >= 15 is 0 Å². The normalized spacial score (nSPS) is 11.7. The Balaban J connectivity index is 1.88. The van der Waals surface area contributed by atoms with Gasteiger partial charge in [0, 0.05) is 22.9 Å². The van der Waals surface area contributed by atoms with Crippen LogP contribution in [-0.4, -0.2) is 35.5 Å². The largest absolute Gasteiger partial charge is 0.493 e. The fraction of sp³-hybridized carbons (Fsp3) is 0.200. The number of methoxy groups -OCH3 is 5. The lowest BCUT2D eigenvalue weighted by molar-refractivity contribution is 0.323. The Morgan fingerprint density at radius 2 is 1.03 bits per heavy atom. The molecule has 0 saturated carbocycles. The van der Waals surface area contributed by atoms with Crippen LogP contribution in [0, 0.1) is 0 Å². The molecule has 0 radical (unpaired) electrons. The quantitative estimate of drug-likeness (QED) is 0.189. The van der Waals surface area contributed by atoms with Gasteiger partial charge in [-0.3, -0.25) is 0 Å². The average Bonchev–Trinajstić information content (AvgIpc) is 2.89. The highest BCUT2D eigenvalue weighted by Gasteiger charge is 2.27. The van der Waals surface area contributed by atoms with E-state index < -0.39 is 11.3 Å². The Bertz CT molecular complexity index is 1970. The number of hydrogen-bond acceptors (Lipinski definition) is 11. The predicted octanol–water partition coefficient (Wildman–Crippen LogP) is 4.59. The molecule has 0 bridgehead atoms. The monoisotopic (exact) mass is 494 g/mol. The topological polar surface area (TPSA) is 133 Å². The van der Waals surface area contributed by atoms with Crippen molar-refractivity contribution >= 4 is 55.0 Å². The van der Waals surface area contributed by atoms with Crippen LogP contribution in [0.15, 0.2) is 45.5 Å². The lowest BCUT2D eigenvalue weighted by Crippen LogP contribution is -2.08. The van der Waals surface area contributed by atoms with Crippen LogP contribution in [0.1, 0.15) is 0 Å². The van der Waals surface area contributed by atoms with E-state index in [-0.39, 0.29) is 67.3 Å². The first-order valence-electron chi connectivity index (χ1n) is 10.6. The molecular formula is C25H18O11. The lowest BCUT2D eigenvalue weighted by atomic mass is 10.0. The average molecular weight is 494 g/mol. The van der Waals surface area contributed by atoms with E-state index in [4.69, 9.17) is 41.4 Å². The molecule has 0 N–H and O–H groups in total. The van der Waals surface area contributed by atoms with E-state index in [2.05, 4.69) is 0 Å². The highest BCUT2D eigenvalue weighted by Crippen LogP contribution is 2.47. The number of rotatable bonds is 5. The third-order valence-corrected chi connectivity index (χ3v) is 6.08. The van der Waals surface area contributed by atoms with Crippen molar-refractivity contribution in [3.63, 3.8) is 0 Å². The Labute approximate surface area is 200 Å². The second kappa shape index (κ2) is 7.60. The number of hydrogen-bond donors (Lipinski definition) is 0. The van der Waals surface area contributed by atoms with Gasteiger partial charge in [-0.05, 0) is 6.07 Å². The molecule has 3 aromatic heterocycles. The summed E-state index contributed by atoms with van der Waals surface area (Å²) in [5, 5.41) is 0.906. The molecule has 11 nitrogen and oxygen atoms in total. The maximum Gasteiger partial charge on any atom is 0.344 e. The summed E-state index contributed by atoms with van der Waals surface area (Å²) in [6.07, 6.45) is 0. The van der Waals surface area contributed by atoms with Crippen LogP contribution < -0.4 is 34.9 Å². The SMILES string of the molecule is COc1cc2oc3c(cc4c(=O)oc5c(OC)c(OC)cc6c(=O)oc3c4c56)oc2c(OC)c1OC. The van der Waals surface area contributed by atoms with Crippen LogP contribution >= 0.6 is 0 Å². The molecule has 6 aromatic rings. The van der Waals surface area contributed by atoms with Gasteiger partial charge in [-0.2, -0.15) is 0 Å². The molecule has 0 amide bonds. The van der Waals surface area contributed by atoms with Crippen molar-refractivity contribution in [1.29, 1.82) is 0 Å². The third kappa shape index (κ3) is 2.67. The molecule has 0 aliphatic carbocycles. The van der Waals surface area contributed by atoms with Crippen LogP contribution in [-0.2, 0) is 0 Å². The van der Waals surface area contributed by atoms with Gasteiger partial charge in [-0.15, -0.1) is 0 Å². The number of fused-ring (bicyclic) bond motifs is 3. The van der Waals surface area contributed by atoms with Crippen molar-refractivity contribution in [3.05, 3.63) is 39.0 Å². The fourth-order valence-corrected chi connectivity index (χ4v) is 4.56. The molecule has 6 rings (SSSR count). The lowest BCUT2D eigenvalue weighted by Gasteiger charge is -2.15. The molecule has 0 spiro atoms. The van der Waals surface area contributed by atoms with Crippen molar-refractivity contribution in [2.24, 2.45) is 0 Å². The van der Waals surface area contributed by atoms with Gasteiger partial charge in [0.25, 0.3) is 0 Å². The summed E-state index contributed by atoms with van der Waals surface area (Å²) in [7, 11) is 7.17. The Kier molecular flexibility index (Phi) is 4.59. The molecule has 0 saturated heterocycles. The highest BCUT2D eigenvalue weighted by molar-refractivity contribution is 6.25. The molecule has 0 aliphatic rings. The van der Waals surface area contributed by atoms with Crippen molar-refractivity contribution in [2.45, 2.75) is 0 Å². The van der Waals surface area contributed by atoms with Crippen LogP contribution in [0.2, 0.25) is 0 Å². The van der Waals surface area contributed by atoms with Crippen LogP contribution in [0.25, 0.3) is 55.0 Å². The first-order valence-corrected chi connectivity index (χ1v) is 10.6. The van der Waals surface area contributed by atoms with Gasteiger partial charge in [0.05, 0.1) is 46.3 Å². The van der Waals surface area contributed by atoms with Gasteiger partial charge in [-0.25, -0.2) is 9.59 Å². The Morgan fingerprint density at radius 1 is 0.500 bits per heavy atom. The van der Waals surface area contributed by atoms with Crippen molar-refractivity contribution in [2.75, 3.05) is 35.5 Å². The summed E-state index contributed by atoms with van der Waals surface area (Å²) < 4.78 is 50.6. The number of benzene rings is 3. The van der Waals surface area contributed by atoms with Crippen molar-refractivity contribution < 1.29 is 41.4 Å². The first-order chi connectivity index (χ1) is 17.4. The van der Waals surface area contributed by atoms with Crippen LogP contribution in [0.4, 0.5) is 0 Å². The molecule has 0 unspecified atom stereocenters. The van der Waals surface area contributed by atoms with Gasteiger partial charge in [-0.1, -0.05) is 0 Å². The summed E-state index contributed by atoms with van der Waals surface area (Å²) in [6, 6.07) is 4.48. The van der Waals surface area contributed by atoms with Gasteiger partial charge < -0.3 is 41.4 Å². The van der Waals surface area contributed by atoms with E-state index in [1.165, 1.54) is 47.7 Å². The fourth-order valence-electron chi connectivity index (χ4n) is 4.56. The van der Waals surface area contributed by atoms with Crippen LogP contribution in [0.3, 0.4) is 0 Å². The second-order valence-corrected chi connectivity index (χ2v) is 7.78. The molecule has 0 fully saturated rings. The Hall–Kier alpha value is -4.80. The van der Waals surface area contributed by atoms with Gasteiger partial charge in [0.15, 0.2) is 33.8 Å². The number of ether oxygens (including phenoxy) is 5. The zero-order valence-electron chi connectivity index (χ0n) is 19.7. The molecule has 0 aliphatic heterocycles. The molecular weight excluding hydrogens is 476 g/mol. The first kappa shape index (κ1) is 21.7. The van der Waals surface area contributed by atoms with Crippen LogP contribution in [0.5, 0.6) is 28.7 Å². The minimum atomic E-state index is -0.703. The van der Waals surface area contributed by atoms with E-state index in [1.54, 1.807) is 6.07 Å². The smallest absolute Gasteiger partial charge is 0.344 e. The van der Waals surface area contributed by atoms with Gasteiger partial charge in [0.2, 0.25) is 28.4 Å². The maximum absolute atomic E-state index is 13.1. The second-order valence-electron chi connectivity index (χ2n) is 7.78. The summed E-state index contributed by atoms with van der Waals surface area (Å²) >= 11 is 0. The molecule has 36 heavy (non-hydrogen) atoms. The predicted molar refractivity (Wildman–Crippen MR) is 128 cm³/mol. The van der Waals surface area contributed by atoms with E-state index in [0.29, 0.717) is 16.5 Å². The minimum absolute atomic E-state index is 0.00419. The standard InChI is InChI=1S/C25H18O11/c1-28-11-6-9-15-16-10(25(27)35-21(15)17(11)30-3)7-13-19(22(16)36-24(9)26)34-14-8-12(29-2)18(31-4)23(32-5)20(14)33-13/h6-8H,1-5H3. The van der Waals surface area contributed by atoms with Gasteiger partial charge >= 0.3 is 11.3 Å². The third-order valence-electron chi connectivity index (χ3n) is 6.08. The summed E-state index contributed by atoms with van der Waals surface area (Å²) in [6.45, 7) is 0. The van der Waals surface area contributed by atoms with E-state index in [0.717, 1.165) is 0 Å². The molecule has 0 atom stereocenters. The molecule has 184 valence electrons. The molecule has 3 aromatic carbocycles. The summed E-state index contributed by atoms with van der Waals surface area (Å²) in [4.78, 5) is 26.2. The van der Waals surface area contributed by atoms with Crippen molar-refractivity contribution in [3.8, 4) is 28.7 Å². The minimum Gasteiger partial charge on any atom is -0.493 e. The van der Waals surface area contributed by atoms with Gasteiger partial charge in [0.1, 0.15) is 0 Å². The summed E-state index contributed by atoms with van der Waals surface area (Å²) in [5.41, 5.74) is -0.739. The summed E-state index contributed by atoms with van der Waals surface area (Å²) in [5.74, 6) is 1.21. The Morgan fingerprint density at radius 3 is 1.67 bits per heavy atom. The highest BCUT2D eigenvalue weighted by atomic mass is 16.5. The molecule has 11 heteroatoms. The molecule has 3 heterocycles. The zero-order chi connectivity index (χ0) is 25.3. The van der Waals surface area contributed by atoms with Crippen molar-refractivity contribution in [1.82, 2.24) is 0 Å². The van der Waals surface area contributed by atoms with E-state index in [1.807, 2.05) is 0 Å². The van der Waals surface area contributed by atoms with E-state index in [9.17, 15) is 9.59 Å². The maximum atomic E-state index is 13.1. The zero-order valence-corrected chi connectivity index (χ0v) is 19.7.